The minimum atomic E-state index is -0.235. The molecule has 10 aromatic rings. The second-order valence-corrected chi connectivity index (χ2v) is 15.5. The van der Waals surface area contributed by atoms with Crippen LogP contribution in [-0.2, 0) is 5.41 Å². The number of nitrogens with zero attached hydrogens (tertiary/aromatic N) is 2. The fourth-order valence-electron chi connectivity index (χ4n) is 9.31. The van der Waals surface area contributed by atoms with Gasteiger partial charge < -0.3 is 9.47 Å². The standard InChI is InChI=1S/C53H37FN2/c1-53(2)47-13-7-6-12-44(47)45-30-28-42(33-48(45)53)55(39-22-15-35(16-23-39)34-9-4-3-5-10-34)40-24-17-36(18-25-40)43-31-32-50-52-46(43)29-19-37-11-8-14-49(51(37)52)56(50)41-26-20-38(54)21-27-41/h3-33H,1-2H3. The van der Waals surface area contributed by atoms with Gasteiger partial charge in [0.05, 0.1) is 11.0 Å². The molecule has 3 heteroatoms. The molecule has 56 heavy (non-hydrogen) atoms. The molecule has 1 aliphatic carbocycles. The van der Waals surface area contributed by atoms with Crippen LogP contribution in [-0.4, -0.2) is 4.57 Å². The second kappa shape index (κ2) is 12.3. The highest BCUT2D eigenvalue weighted by atomic mass is 19.1. The van der Waals surface area contributed by atoms with Crippen molar-refractivity contribution in [3.05, 3.63) is 205 Å². The average Bonchev–Trinajstić information content (AvgIpc) is 3.70. The van der Waals surface area contributed by atoms with Gasteiger partial charge in [-0.3, -0.25) is 0 Å². The summed E-state index contributed by atoms with van der Waals surface area (Å²) >= 11 is 0. The smallest absolute Gasteiger partial charge is 0.123 e. The maximum atomic E-state index is 14.0. The fourth-order valence-corrected chi connectivity index (χ4v) is 9.31. The molecule has 0 saturated carbocycles. The highest BCUT2D eigenvalue weighted by Gasteiger charge is 2.35. The predicted molar refractivity (Wildman–Crippen MR) is 233 cm³/mol. The van der Waals surface area contributed by atoms with Crippen molar-refractivity contribution >= 4 is 49.6 Å². The van der Waals surface area contributed by atoms with E-state index in [1.807, 2.05) is 12.1 Å². The van der Waals surface area contributed by atoms with E-state index in [0.717, 1.165) is 39.3 Å². The van der Waals surface area contributed by atoms with Crippen LogP contribution < -0.4 is 4.90 Å². The van der Waals surface area contributed by atoms with Crippen LogP contribution in [0.3, 0.4) is 0 Å². The molecule has 0 fully saturated rings. The van der Waals surface area contributed by atoms with Gasteiger partial charge in [0.15, 0.2) is 0 Å². The van der Waals surface area contributed by atoms with E-state index < -0.39 is 0 Å². The lowest BCUT2D eigenvalue weighted by atomic mass is 9.82. The molecule has 0 amide bonds. The monoisotopic (exact) mass is 720 g/mol. The number of benzene rings is 9. The van der Waals surface area contributed by atoms with E-state index in [4.69, 9.17) is 0 Å². The third kappa shape index (κ3) is 4.87. The molecule has 0 atom stereocenters. The molecule has 2 nitrogen and oxygen atoms in total. The summed E-state index contributed by atoms with van der Waals surface area (Å²) in [4.78, 5) is 2.38. The fraction of sp³-hybridized carbons (Fsp3) is 0.0566. The third-order valence-corrected chi connectivity index (χ3v) is 12.0. The maximum Gasteiger partial charge on any atom is 0.123 e. The lowest BCUT2D eigenvalue weighted by Gasteiger charge is -2.28. The Morgan fingerprint density at radius 3 is 1.84 bits per heavy atom. The molecule has 0 N–H and O–H groups in total. The number of halogens is 1. The van der Waals surface area contributed by atoms with Crippen molar-refractivity contribution in [3.63, 3.8) is 0 Å². The van der Waals surface area contributed by atoms with Gasteiger partial charge in [-0.15, -0.1) is 0 Å². The van der Waals surface area contributed by atoms with Gasteiger partial charge in [0.2, 0.25) is 0 Å². The van der Waals surface area contributed by atoms with Crippen LogP contribution in [0.1, 0.15) is 25.0 Å². The zero-order valence-electron chi connectivity index (χ0n) is 31.2. The van der Waals surface area contributed by atoms with Crippen LogP contribution in [0.5, 0.6) is 0 Å². The van der Waals surface area contributed by atoms with Gasteiger partial charge in [-0.05, 0) is 128 Å². The maximum absolute atomic E-state index is 14.0. The summed E-state index contributed by atoms with van der Waals surface area (Å²) in [5.41, 5.74) is 16.5. The molecule has 0 saturated heterocycles. The summed E-state index contributed by atoms with van der Waals surface area (Å²) in [5.74, 6) is -0.235. The Bertz CT molecular complexity index is 3080. The molecule has 1 aliphatic rings. The van der Waals surface area contributed by atoms with Gasteiger partial charge in [-0.2, -0.15) is 0 Å². The van der Waals surface area contributed by atoms with Gasteiger partial charge >= 0.3 is 0 Å². The van der Waals surface area contributed by atoms with Crippen LogP contribution >= 0.6 is 0 Å². The Morgan fingerprint density at radius 1 is 0.446 bits per heavy atom. The summed E-state index contributed by atoms with van der Waals surface area (Å²) in [5, 5.41) is 4.86. The molecular formula is C53H37FN2. The highest BCUT2D eigenvalue weighted by molar-refractivity contribution is 6.26. The number of fused-ring (bicyclic) bond motifs is 3. The second-order valence-electron chi connectivity index (χ2n) is 15.5. The van der Waals surface area contributed by atoms with Crippen LogP contribution in [0.15, 0.2) is 188 Å². The minimum absolute atomic E-state index is 0.109. The molecule has 11 rings (SSSR count). The molecular weight excluding hydrogens is 684 g/mol. The molecule has 1 heterocycles. The van der Waals surface area contributed by atoms with Gasteiger partial charge in [-0.25, -0.2) is 4.39 Å². The first kappa shape index (κ1) is 32.5. The summed E-state index contributed by atoms with van der Waals surface area (Å²) in [6, 6.07) is 66.5. The number of hydrogen-bond donors (Lipinski definition) is 0. The first-order valence-electron chi connectivity index (χ1n) is 19.3. The van der Waals surface area contributed by atoms with Crippen molar-refractivity contribution in [2.45, 2.75) is 19.3 Å². The molecule has 266 valence electrons. The number of rotatable bonds is 6. The first-order valence-corrected chi connectivity index (χ1v) is 19.3. The molecule has 0 bridgehead atoms. The number of aromatic nitrogens is 1. The van der Waals surface area contributed by atoms with E-state index in [1.165, 1.54) is 72.6 Å². The zero-order chi connectivity index (χ0) is 37.5. The Balaban J connectivity index is 1.04. The Kier molecular flexibility index (Phi) is 7.11. The molecule has 9 aromatic carbocycles. The largest absolute Gasteiger partial charge is 0.310 e. The van der Waals surface area contributed by atoms with Gasteiger partial charge in [-0.1, -0.05) is 129 Å². The van der Waals surface area contributed by atoms with Gasteiger partial charge in [0.25, 0.3) is 0 Å². The van der Waals surface area contributed by atoms with E-state index in [2.05, 4.69) is 187 Å². The molecule has 1 aromatic heterocycles. The minimum Gasteiger partial charge on any atom is -0.310 e. The van der Waals surface area contributed by atoms with Crippen molar-refractivity contribution in [1.29, 1.82) is 0 Å². The lowest BCUT2D eigenvalue weighted by molar-refractivity contribution is 0.627. The summed E-state index contributed by atoms with van der Waals surface area (Å²) in [6.07, 6.45) is 0. The van der Waals surface area contributed by atoms with Crippen LogP contribution in [0, 0.1) is 5.82 Å². The SMILES string of the molecule is CC1(C)c2ccccc2-c2ccc(N(c3ccc(-c4ccccc4)cc3)c3ccc(-c4ccc5c6c4ccc4cccc(c46)n5-c4ccc(F)cc4)cc3)cc21. The molecule has 0 unspecified atom stereocenters. The first-order chi connectivity index (χ1) is 27.4. The Labute approximate surface area is 325 Å². The summed E-state index contributed by atoms with van der Waals surface area (Å²) in [7, 11) is 0. The highest BCUT2D eigenvalue weighted by Crippen LogP contribution is 2.51. The van der Waals surface area contributed by atoms with E-state index in [1.54, 1.807) is 0 Å². The topological polar surface area (TPSA) is 8.17 Å². The van der Waals surface area contributed by atoms with Crippen molar-refractivity contribution in [3.8, 4) is 39.1 Å². The van der Waals surface area contributed by atoms with Crippen LogP contribution in [0.25, 0.3) is 71.6 Å². The van der Waals surface area contributed by atoms with E-state index >= 15 is 0 Å². The van der Waals surface area contributed by atoms with Gasteiger partial charge in [0, 0.05) is 38.9 Å². The van der Waals surface area contributed by atoms with Crippen molar-refractivity contribution in [2.75, 3.05) is 4.90 Å². The van der Waals surface area contributed by atoms with Crippen LogP contribution in [0.4, 0.5) is 21.5 Å². The Morgan fingerprint density at radius 2 is 1.07 bits per heavy atom. The molecule has 0 spiro atoms. The van der Waals surface area contributed by atoms with Crippen molar-refractivity contribution in [1.82, 2.24) is 4.57 Å². The average molecular weight is 721 g/mol. The van der Waals surface area contributed by atoms with E-state index in [0.29, 0.717) is 0 Å². The summed E-state index contributed by atoms with van der Waals surface area (Å²) in [6.45, 7) is 4.68. The van der Waals surface area contributed by atoms with E-state index in [9.17, 15) is 4.39 Å². The molecule has 0 radical (unpaired) electrons. The molecule has 0 aliphatic heterocycles. The normalized spacial score (nSPS) is 13.1. The lowest BCUT2D eigenvalue weighted by Crippen LogP contribution is -2.16. The summed E-state index contributed by atoms with van der Waals surface area (Å²) < 4.78 is 16.3. The van der Waals surface area contributed by atoms with E-state index in [-0.39, 0.29) is 11.2 Å². The van der Waals surface area contributed by atoms with Crippen molar-refractivity contribution < 1.29 is 4.39 Å². The van der Waals surface area contributed by atoms with Crippen molar-refractivity contribution in [2.24, 2.45) is 0 Å². The third-order valence-electron chi connectivity index (χ3n) is 12.0. The predicted octanol–water partition coefficient (Wildman–Crippen LogP) is 14.6. The number of anilines is 3. The Hall–Kier alpha value is -6.97. The van der Waals surface area contributed by atoms with Gasteiger partial charge in [0.1, 0.15) is 5.82 Å². The number of hydrogen-bond acceptors (Lipinski definition) is 1. The van der Waals surface area contributed by atoms with Crippen LogP contribution in [0.2, 0.25) is 0 Å². The zero-order valence-corrected chi connectivity index (χ0v) is 31.2. The quantitative estimate of drug-likeness (QED) is 0.155.